The average Bonchev–Trinajstić information content (AvgIpc) is 2.55. The van der Waals surface area contributed by atoms with Crippen molar-refractivity contribution in [2.75, 3.05) is 0 Å². The summed E-state index contributed by atoms with van der Waals surface area (Å²) >= 11 is 1.66. The van der Waals surface area contributed by atoms with Crippen LogP contribution in [0.1, 0.15) is 38.5 Å². The number of rotatable bonds is 4. The van der Waals surface area contributed by atoms with Crippen molar-refractivity contribution in [1.82, 2.24) is 4.98 Å². The van der Waals surface area contributed by atoms with Gasteiger partial charge in [-0.1, -0.05) is 20.8 Å². The lowest BCUT2D eigenvalue weighted by atomic mass is 9.88. The average molecular weight is 211 g/mol. The quantitative estimate of drug-likeness (QED) is 0.766. The summed E-state index contributed by atoms with van der Waals surface area (Å²) < 4.78 is 0. The van der Waals surface area contributed by atoms with Crippen molar-refractivity contribution in [3.63, 3.8) is 0 Å². The number of Topliss-reactive ketones (excluding diaryl/α,β-unsaturated/α-hetero) is 1. The van der Waals surface area contributed by atoms with Gasteiger partial charge in [-0.05, 0) is 12.8 Å². The lowest BCUT2D eigenvalue weighted by Crippen LogP contribution is -2.19. The summed E-state index contributed by atoms with van der Waals surface area (Å²) in [5, 5.41) is 0. The van der Waals surface area contributed by atoms with Crippen molar-refractivity contribution >= 4 is 17.1 Å². The van der Waals surface area contributed by atoms with Gasteiger partial charge in [0.25, 0.3) is 0 Å². The Balaban J connectivity index is 2.26. The molecule has 0 atom stereocenters. The zero-order valence-electron chi connectivity index (χ0n) is 9.04. The molecule has 0 spiro atoms. The zero-order valence-corrected chi connectivity index (χ0v) is 9.86. The lowest BCUT2D eigenvalue weighted by Gasteiger charge is -2.15. The van der Waals surface area contributed by atoms with E-state index in [-0.39, 0.29) is 5.41 Å². The number of hydrogen-bond donors (Lipinski definition) is 0. The highest BCUT2D eigenvalue weighted by molar-refractivity contribution is 7.09. The first-order valence-corrected chi connectivity index (χ1v) is 5.79. The molecule has 78 valence electrons. The van der Waals surface area contributed by atoms with E-state index in [9.17, 15) is 4.79 Å². The fourth-order valence-corrected chi connectivity index (χ4v) is 1.80. The van der Waals surface area contributed by atoms with Crippen molar-refractivity contribution in [3.05, 3.63) is 16.6 Å². The molecule has 0 aliphatic carbocycles. The van der Waals surface area contributed by atoms with Crippen molar-refractivity contribution < 1.29 is 4.79 Å². The maximum atomic E-state index is 11.6. The van der Waals surface area contributed by atoms with E-state index >= 15 is 0 Å². The molecule has 1 aromatic heterocycles. The first-order chi connectivity index (χ1) is 6.50. The minimum absolute atomic E-state index is 0.187. The summed E-state index contributed by atoms with van der Waals surface area (Å²) in [5.74, 6) is 0.349. The van der Waals surface area contributed by atoms with E-state index in [2.05, 4.69) is 4.98 Å². The maximum absolute atomic E-state index is 11.6. The van der Waals surface area contributed by atoms with Gasteiger partial charge >= 0.3 is 0 Å². The predicted molar refractivity (Wildman–Crippen MR) is 59.5 cm³/mol. The third-order valence-corrected chi connectivity index (χ3v) is 2.99. The molecule has 3 heteroatoms. The molecular formula is C11H17NOS. The Morgan fingerprint density at radius 3 is 2.71 bits per heavy atom. The fraction of sp³-hybridized carbons (Fsp3) is 0.636. The third-order valence-electron chi connectivity index (χ3n) is 2.15. The molecule has 0 aliphatic rings. The largest absolute Gasteiger partial charge is 0.299 e. The van der Waals surface area contributed by atoms with Crippen LogP contribution in [0.3, 0.4) is 0 Å². The topological polar surface area (TPSA) is 30.0 Å². The van der Waals surface area contributed by atoms with E-state index in [4.69, 9.17) is 0 Å². The van der Waals surface area contributed by atoms with Crippen molar-refractivity contribution in [2.45, 2.75) is 40.0 Å². The molecule has 1 heterocycles. The van der Waals surface area contributed by atoms with Crippen LogP contribution in [-0.4, -0.2) is 10.8 Å². The molecule has 0 N–H and O–H groups in total. The summed E-state index contributed by atoms with van der Waals surface area (Å²) in [7, 11) is 0. The van der Waals surface area contributed by atoms with Gasteiger partial charge in [-0.2, -0.15) is 0 Å². The van der Waals surface area contributed by atoms with Crippen LogP contribution < -0.4 is 0 Å². The number of thiazole rings is 1. The minimum Gasteiger partial charge on any atom is -0.299 e. The highest BCUT2D eigenvalue weighted by Gasteiger charge is 2.19. The van der Waals surface area contributed by atoms with Gasteiger partial charge in [-0.15, -0.1) is 11.3 Å². The van der Waals surface area contributed by atoms with Gasteiger partial charge in [-0.25, -0.2) is 0 Å². The van der Waals surface area contributed by atoms with Crippen molar-refractivity contribution in [3.8, 4) is 0 Å². The first kappa shape index (κ1) is 11.4. The van der Waals surface area contributed by atoms with Crippen LogP contribution in [0.2, 0.25) is 0 Å². The van der Waals surface area contributed by atoms with E-state index in [1.54, 1.807) is 11.3 Å². The van der Waals surface area contributed by atoms with Crippen LogP contribution in [0, 0.1) is 5.41 Å². The second-order valence-corrected chi connectivity index (χ2v) is 5.47. The fourth-order valence-electron chi connectivity index (χ4n) is 1.16. The minimum atomic E-state index is -0.187. The van der Waals surface area contributed by atoms with Gasteiger partial charge in [0.1, 0.15) is 5.78 Å². The number of hydrogen-bond acceptors (Lipinski definition) is 3. The second-order valence-electron chi connectivity index (χ2n) is 4.49. The Kier molecular flexibility index (Phi) is 3.81. The number of carbonyl (C=O) groups is 1. The van der Waals surface area contributed by atoms with Gasteiger partial charge in [0.2, 0.25) is 0 Å². The van der Waals surface area contributed by atoms with E-state index in [1.807, 2.05) is 32.5 Å². The molecule has 0 saturated carbocycles. The molecule has 1 rings (SSSR count). The van der Waals surface area contributed by atoms with Crippen molar-refractivity contribution in [1.29, 1.82) is 0 Å². The summed E-state index contributed by atoms with van der Waals surface area (Å²) in [6.45, 7) is 5.92. The normalized spacial score (nSPS) is 11.6. The summed E-state index contributed by atoms with van der Waals surface area (Å²) in [5.41, 5.74) is 1.65. The standard InChI is InChI=1S/C11H17NOS/c1-11(2,3)10(13)6-4-5-9-7-12-8-14-9/h7-8H,4-6H2,1-3H3. The van der Waals surface area contributed by atoms with Gasteiger partial charge < -0.3 is 0 Å². The number of aryl methyl sites for hydroxylation is 1. The number of aromatic nitrogens is 1. The molecule has 1 aromatic rings. The molecule has 0 aliphatic heterocycles. The zero-order chi connectivity index (χ0) is 10.6. The van der Waals surface area contributed by atoms with Crippen LogP contribution in [0.25, 0.3) is 0 Å². The molecule has 0 amide bonds. The van der Waals surface area contributed by atoms with Crippen LogP contribution in [0.5, 0.6) is 0 Å². The lowest BCUT2D eigenvalue weighted by molar-refractivity contribution is -0.126. The molecule has 2 nitrogen and oxygen atoms in total. The van der Waals surface area contributed by atoms with Gasteiger partial charge in [0.05, 0.1) is 5.51 Å². The Morgan fingerprint density at radius 2 is 2.21 bits per heavy atom. The van der Waals surface area contributed by atoms with Crippen LogP contribution >= 0.6 is 11.3 Å². The molecule has 0 fully saturated rings. The third kappa shape index (κ3) is 3.58. The Labute approximate surface area is 89.4 Å². The monoisotopic (exact) mass is 211 g/mol. The first-order valence-electron chi connectivity index (χ1n) is 4.91. The number of carbonyl (C=O) groups excluding carboxylic acids is 1. The number of ketones is 1. The van der Waals surface area contributed by atoms with E-state index in [1.165, 1.54) is 4.88 Å². The van der Waals surface area contributed by atoms with Crippen molar-refractivity contribution in [2.24, 2.45) is 5.41 Å². The molecule has 14 heavy (non-hydrogen) atoms. The molecule has 0 aromatic carbocycles. The summed E-state index contributed by atoms with van der Waals surface area (Å²) in [6, 6.07) is 0. The highest BCUT2D eigenvalue weighted by atomic mass is 32.1. The molecule has 0 radical (unpaired) electrons. The van der Waals surface area contributed by atoms with Crippen LogP contribution in [0.15, 0.2) is 11.7 Å². The van der Waals surface area contributed by atoms with Gasteiger partial charge in [0, 0.05) is 22.9 Å². The molecule has 0 bridgehead atoms. The summed E-state index contributed by atoms with van der Waals surface area (Å²) in [4.78, 5) is 16.9. The Morgan fingerprint density at radius 1 is 1.50 bits per heavy atom. The molecule has 0 saturated heterocycles. The van der Waals surface area contributed by atoms with Crippen LogP contribution in [0.4, 0.5) is 0 Å². The molecular weight excluding hydrogens is 194 g/mol. The molecule has 0 unspecified atom stereocenters. The van der Waals surface area contributed by atoms with E-state index < -0.39 is 0 Å². The van der Waals surface area contributed by atoms with E-state index in [0.29, 0.717) is 12.2 Å². The SMILES string of the molecule is CC(C)(C)C(=O)CCCc1cncs1. The predicted octanol–water partition coefficient (Wildman–Crippen LogP) is 3.08. The maximum Gasteiger partial charge on any atom is 0.138 e. The van der Waals surface area contributed by atoms with Crippen LogP contribution in [-0.2, 0) is 11.2 Å². The summed E-state index contributed by atoms with van der Waals surface area (Å²) in [6.07, 6.45) is 4.48. The second kappa shape index (κ2) is 4.69. The smallest absolute Gasteiger partial charge is 0.138 e. The Hall–Kier alpha value is -0.700. The number of nitrogens with zero attached hydrogens (tertiary/aromatic N) is 1. The Bertz CT molecular complexity index is 285. The van der Waals surface area contributed by atoms with Gasteiger partial charge in [0.15, 0.2) is 0 Å². The van der Waals surface area contributed by atoms with Gasteiger partial charge in [-0.3, -0.25) is 9.78 Å². The van der Waals surface area contributed by atoms with E-state index in [0.717, 1.165) is 12.8 Å². The highest BCUT2D eigenvalue weighted by Crippen LogP contribution is 2.19.